The Kier molecular flexibility index (Phi) is 7.13. The first-order valence-electron chi connectivity index (χ1n) is 2.98. The Bertz CT molecular complexity index is 209. The van der Waals surface area contributed by atoms with Crippen LogP contribution in [0.5, 0.6) is 0 Å². The van der Waals surface area contributed by atoms with E-state index in [9.17, 15) is 0 Å². The lowest BCUT2D eigenvalue weighted by Gasteiger charge is -1.92. The summed E-state index contributed by atoms with van der Waals surface area (Å²) in [5, 5.41) is 20.4. The van der Waals surface area contributed by atoms with E-state index in [4.69, 9.17) is 10.5 Å². The van der Waals surface area contributed by atoms with Crippen LogP contribution in [0.1, 0.15) is 6.92 Å². The first-order valence-corrected chi connectivity index (χ1v) is 4.95. The highest BCUT2D eigenvalue weighted by molar-refractivity contribution is 8.04. The maximum Gasteiger partial charge on any atom is 0.133 e. The number of nitriles is 2. The molecule has 0 aliphatic heterocycles. The van der Waals surface area contributed by atoms with Crippen molar-refractivity contribution in [1.29, 1.82) is 10.5 Å². The summed E-state index contributed by atoms with van der Waals surface area (Å²) >= 11 is 2.43. The molecule has 0 saturated heterocycles. The molecule has 11 heavy (non-hydrogen) atoms. The van der Waals surface area contributed by atoms with Gasteiger partial charge in [-0.15, -0.1) is 0 Å². The van der Waals surface area contributed by atoms with Gasteiger partial charge in [-0.25, -0.2) is 0 Å². The molecule has 0 heterocycles. The minimum Gasteiger partial charge on any atom is -0.185 e. The lowest BCUT2D eigenvalue weighted by Crippen LogP contribution is -1.80. The van der Waals surface area contributed by atoms with Gasteiger partial charge in [0, 0.05) is 11.5 Å². The van der Waals surface area contributed by atoms with E-state index < -0.39 is 0 Å². The second-order valence-electron chi connectivity index (χ2n) is 1.83. The number of nitrogens with zero attached hydrogens (tertiary/aromatic N) is 2. The van der Waals surface area contributed by atoms with Crippen molar-refractivity contribution in [3.8, 4) is 10.8 Å². The van der Waals surface area contributed by atoms with Crippen LogP contribution in [0.15, 0.2) is 11.6 Å². The molecule has 0 fully saturated rings. The average molecular weight is 184 g/mol. The van der Waals surface area contributed by atoms with Crippen LogP contribution in [0.25, 0.3) is 0 Å². The molecule has 0 radical (unpaired) electrons. The van der Waals surface area contributed by atoms with E-state index in [2.05, 4.69) is 0 Å². The minimum absolute atomic E-state index is 0.717. The van der Waals surface area contributed by atoms with Crippen molar-refractivity contribution in [3.05, 3.63) is 11.6 Å². The normalized spacial score (nSPS) is 10.3. The Balaban J connectivity index is 3.49. The lowest BCUT2D eigenvalue weighted by molar-refractivity contribution is 1.39. The highest BCUT2D eigenvalue weighted by Gasteiger charge is 1.88. The third kappa shape index (κ3) is 7.32. The molecule has 0 atom stereocenters. The van der Waals surface area contributed by atoms with Gasteiger partial charge in [-0.2, -0.15) is 10.5 Å². The van der Waals surface area contributed by atoms with Crippen molar-refractivity contribution < 1.29 is 0 Å². The summed E-state index contributed by atoms with van der Waals surface area (Å²) in [6.45, 7) is 1.96. The quantitative estimate of drug-likeness (QED) is 0.382. The highest BCUT2D eigenvalue weighted by atomic mass is 32.2. The van der Waals surface area contributed by atoms with Crippen LogP contribution in [-0.2, 0) is 0 Å². The first kappa shape index (κ1) is 10.4. The summed E-state index contributed by atoms with van der Waals surface area (Å²) in [5.74, 6) is 1.46. The Hall–Kier alpha value is -0.580. The van der Waals surface area contributed by atoms with Crippen molar-refractivity contribution in [2.75, 3.05) is 11.5 Å². The molecule has 0 aromatic heterocycles. The molecule has 0 bridgehead atoms. The number of hydrogen-bond donors (Lipinski definition) is 0. The fourth-order valence-electron chi connectivity index (χ4n) is 0.426. The Labute approximate surface area is 75.3 Å². The SMILES string of the molecule is C/C(=C\CSC#N)CSC#N. The molecule has 4 heteroatoms. The van der Waals surface area contributed by atoms with Gasteiger partial charge in [0.1, 0.15) is 10.8 Å². The topological polar surface area (TPSA) is 47.6 Å². The Morgan fingerprint density at radius 1 is 1.36 bits per heavy atom. The predicted octanol–water partition coefficient (Wildman–Crippen LogP) is 2.36. The van der Waals surface area contributed by atoms with E-state index in [0.29, 0.717) is 5.75 Å². The van der Waals surface area contributed by atoms with E-state index in [1.54, 1.807) is 0 Å². The van der Waals surface area contributed by atoms with Crippen molar-refractivity contribution in [2.45, 2.75) is 6.92 Å². The average Bonchev–Trinajstić information content (AvgIpc) is 2.01. The molecule has 0 unspecified atom stereocenters. The monoisotopic (exact) mass is 184 g/mol. The summed E-state index contributed by atoms with van der Waals surface area (Å²) in [7, 11) is 0. The zero-order valence-corrected chi connectivity index (χ0v) is 7.84. The fourth-order valence-corrected chi connectivity index (χ4v) is 1.28. The third-order valence-electron chi connectivity index (χ3n) is 0.944. The van der Waals surface area contributed by atoms with Gasteiger partial charge in [-0.05, 0) is 30.4 Å². The molecule has 0 aromatic carbocycles. The largest absolute Gasteiger partial charge is 0.185 e. The van der Waals surface area contributed by atoms with Crippen LogP contribution < -0.4 is 0 Å². The van der Waals surface area contributed by atoms with Crippen LogP contribution in [-0.4, -0.2) is 11.5 Å². The molecule has 0 saturated carbocycles. The summed E-state index contributed by atoms with van der Waals surface area (Å²) in [5.41, 5.74) is 1.15. The van der Waals surface area contributed by atoms with Gasteiger partial charge in [0.05, 0.1) is 0 Å². The van der Waals surface area contributed by atoms with Crippen LogP contribution in [0.4, 0.5) is 0 Å². The molecule has 0 aromatic rings. The number of hydrogen-bond acceptors (Lipinski definition) is 4. The summed E-state index contributed by atoms with van der Waals surface area (Å²) < 4.78 is 0. The van der Waals surface area contributed by atoms with E-state index in [1.165, 1.54) is 23.5 Å². The van der Waals surface area contributed by atoms with E-state index >= 15 is 0 Å². The predicted molar refractivity (Wildman–Crippen MR) is 49.9 cm³/mol. The summed E-state index contributed by atoms with van der Waals surface area (Å²) in [6.07, 6.45) is 1.97. The molecule has 0 N–H and O–H groups in total. The van der Waals surface area contributed by atoms with E-state index in [0.717, 1.165) is 11.3 Å². The molecular formula is C7H8N2S2. The molecule has 0 aliphatic rings. The molecule has 0 aliphatic carbocycles. The second kappa shape index (κ2) is 7.53. The van der Waals surface area contributed by atoms with E-state index in [-0.39, 0.29) is 0 Å². The van der Waals surface area contributed by atoms with Crippen LogP contribution in [0, 0.1) is 21.3 Å². The second-order valence-corrected chi connectivity index (χ2v) is 3.40. The highest BCUT2D eigenvalue weighted by Crippen LogP contribution is 2.06. The van der Waals surface area contributed by atoms with Gasteiger partial charge in [0.15, 0.2) is 0 Å². The lowest BCUT2D eigenvalue weighted by atomic mass is 10.3. The van der Waals surface area contributed by atoms with Crippen molar-refractivity contribution in [1.82, 2.24) is 0 Å². The van der Waals surface area contributed by atoms with Gasteiger partial charge >= 0.3 is 0 Å². The summed E-state index contributed by atoms with van der Waals surface area (Å²) in [6, 6.07) is 0. The van der Waals surface area contributed by atoms with Crippen LogP contribution in [0.3, 0.4) is 0 Å². The smallest absolute Gasteiger partial charge is 0.133 e. The van der Waals surface area contributed by atoms with Crippen LogP contribution in [0.2, 0.25) is 0 Å². The molecule has 2 nitrogen and oxygen atoms in total. The zero-order chi connectivity index (χ0) is 8.53. The van der Waals surface area contributed by atoms with Gasteiger partial charge in [-0.3, -0.25) is 0 Å². The number of thiocyanates is 2. The van der Waals surface area contributed by atoms with Gasteiger partial charge in [0.2, 0.25) is 0 Å². The van der Waals surface area contributed by atoms with Crippen molar-refractivity contribution >= 4 is 23.5 Å². The minimum atomic E-state index is 0.717. The molecule has 0 spiro atoms. The first-order chi connectivity index (χ1) is 5.31. The number of rotatable bonds is 4. The third-order valence-corrected chi connectivity index (χ3v) is 2.14. The van der Waals surface area contributed by atoms with E-state index in [1.807, 2.05) is 23.8 Å². The molecule has 58 valence electrons. The van der Waals surface area contributed by atoms with Crippen molar-refractivity contribution in [3.63, 3.8) is 0 Å². The molecular weight excluding hydrogens is 176 g/mol. The summed E-state index contributed by atoms with van der Waals surface area (Å²) in [4.78, 5) is 0. The molecule has 0 rings (SSSR count). The van der Waals surface area contributed by atoms with Gasteiger partial charge < -0.3 is 0 Å². The molecule has 0 amide bonds. The maximum atomic E-state index is 8.21. The standard InChI is InChI=1S/C7H8N2S2/c1-7(4-11-6-9)2-3-10-5-8/h2H,3-4H2,1H3/b7-2+. The maximum absolute atomic E-state index is 8.21. The van der Waals surface area contributed by atoms with Gasteiger partial charge in [-0.1, -0.05) is 11.6 Å². The van der Waals surface area contributed by atoms with Crippen molar-refractivity contribution in [2.24, 2.45) is 0 Å². The fraction of sp³-hybridized carbons (Fsp3) is 0.429. The van der Waals surface area contributed by atoms with Crippen LogP contribution >= 0.6 is 23.5 Å². The Morgan fingerprint density at radius 2 is 2.00 bits per heavy atom. The Morgan fingerprint density at radius 3 is 2.55 bits per heavy atom. The zero-order valence-electron chi connectivity index (χ0n) is 6.20. The number of thioether (sulfide) groups is 2. The van der Waals surface area contributed by atoms with Gasteiger partial charge in [0.25, 0.3) is 0 Å².